The molecule has 0 saturated carbocycles. The Bertz CT molecular complexity index is 739. The molecule has 2 aromatic rings. The molecule has 0 spiro atoms. The molecule has 0 bridgehead atoms. The van der Waals surface area contributed by atoms with Gasteiger partial charge in [0.2, 0.25) is 5.95 Å². The average Bonchev–Trinajstić information content (AvgIpc) is 2.64. The molecule has 1 fully saturated rings. The highest BCUT2D eigenvalue weighted by molar-refractivity contribution is 9.10. The smallest absolute Gasteiger partial charge is 0.263 e. The molecule has 1 aliphatic heterocycles. The number of piperazine rings is 1. The number of nitrogens with zero attached hydrogens (tertiary/aromatic N) is 4. The van der Waals surface area contributed by atoms with Gasteiger partial charge in [-0.15, -0.1) is 0 Å². The fourth-order valence-corrected chi connectivity index (χ4v) is 3.09. The van der Waals surface area contributed by atoms with E-state index in [-0.39, 0.29) is 11.7 Å². The minimum atomic E-state index is -0.652. The third kappa shape index (κ3) is 4.25. The summed E-state index contributed by atoms with van der Waals surface area (Å²) in [6.45, 7) is 4.20. The molecule has 1 aromatic carbocycles. The second-order valence-corrected chi connectivity index (χ2v) is 6.55. The number of anilines is 1. The normalized spacial score (nSPS) is 15.8. The lowest BCUT2D eigenvalue weighted by atomic mass is 10.2. The van der Waals surface area contributed by atoms with Crippen molar-refractivity contribution in [2.75, 3.05) is 31.1 Å². The first kappa shape index (κ1) is 17.6. The third-order valence-electron chi connectivity index (χ3n) is 3.97. The molecule has 6 nitrogen and oxygen atoms in total. The van der Waals surface area contributed by atoms with E-state index in [4.69, 9.17) is 4.74 Å². The van der Waals surface area contributed by atoms with Crippen molar-refractivity contribution in [3.63, 3.8) is 0 Å². The fraction of sp³-hybridized carbons (Fsp3) is 0.353. The number of amides is 1. The van der Waals surface area contributed by atoms with Gasteiger partial charge in [-0.1, -0.05) is 0 Å². The van der Waals surface area contributed by atoms with E-state index in [0.29, 0.717) is 42.3 Å². The van der Waals surface area contributed by atoms with Crippen LogP contribution in [-0.4, -0.2) is 53.1 Å². The lowest BCUT2D eigenvalue weighted by Gasteiger charge is -2.35. The van der Waals surface area contributed by atoms with E-state index >= 15 is 0 Å². The van der Waals surface area contributed by atoms with Crippen molar-refractivity contribution in [1.82, 2.24) is 14.9 Å². The minimum Gasteiger partial charge on any atom is -0.480 e. The molecule has 132 valence electrons. The van der Waals surface area contributed by atoms with Crippen LogP contribution in [0.1, 0.15) is 6.92 Å². The van der Waals surface area contributed by atoms with Gasteiger partial charge in [0.1, 0.15) is 11.6 Å². The number of hydrogen-bond acceptors (Lipinski definition) is 5. The first-order valence-electron chi connectivity index (χ1n) is 7.97. The van der Waals surface area contributed by atoms with Gasteiger partial charge in [-0.3, -0.25) is 4.79 Å². The lowest BCUT2D eigenvalue weighted by molar-refractivity contribution is -0.138. The first-order valence-corrected chi connectivity index (χ1v) is 8.76. The van der Waals surface area contributed by atoms with E-state index in [2.05, 4.69) is 25.9 Å². The molecule has 8 heteroatoms. The van der Waals surface area contributed by atoms with Crippen LogP contribution in [0.25, 0.3) is 0 Å². The number of rotatable bonds is 4. The van der Waals surface area contributed by atoms with Crippen LogP contribution >= 0.6 is 15.9 Å². The zero-order valence-corrected chi connectivity index (χ0v) is 15.3. The lowest BCUT2D eigenvalue weighted by Crippen LogP contribution is -2.52. The molecule has 0 N–H and O–H groups in total. The molecule has 1 unspecified atom stereocenters. The Balaban J connectivity index is 1.56. The van der Waals surface area contributed by atoms with Crippen molar-refractivity contribution in [3.05, 3.63) is 46.9 Å². The molecule has 1 saturated heterocycles. The number of hydrogen-bond donors (Lipinski definition) is 0. The molecule has 0 aliphatic carbocycles. The van der Waals surface area contributed by atoms with Gasteiger partial charge in [0.15, 0.2) is 6.10 Å². The largest absolute Gasteiger partial charge is 0.480 e. The minimum absolute atomic E-state index is 0.0927. The maximum atomic E-state index is 13.1. The molecular weight excluding hydrogens is 391 g/mol. The fourth-order valence-electron chi connectivity index (χ4n) is 2.65. The average molecular weight is 409 g/mol. The van der Waals surface area contributed by atoms with E-state index in [0.717, 1.165) is 0 Å². The Morgan fingerprint density at radius 2 is 1.92 bits per heavy atom. The Hall–Kier alpha value is -2.22. The van der Waals surface area contributed by atoms with Crippen molar-refractivity contribution >= 4 is 27.8 Å². The zero-order chi connectivity index (χ0) is 17.8. The van der Waals surface area contributed by atoms with Gasteiger partial charge < -0.3 is 14.5 Å². The van der Waals surface area contributed by atoms with E-state index in [1.165, 1.54) is 18.2 Å². The van der Waals surface area contributed by atoms with E-state index < -0.39 is 6.10 Å². The van der Waals surface area contributed by atoms with Gasteiger partial charge in [-0.25, -0.2) is 14.4 Å². The molecular formula is C17H18BrFN4O2. The van der Waals surface area contributed by atoms with Crippen molar-refractivity contribution in [2.24, 2.45) is 0 Å². The molecule has 1 atom stereocenters. The Kier molecular flexibility index (Phi) is 5.47. The number of halogens is 2. The van der Waals surface area contributed by atoms with Crippen LogP contribution in [0.2, 0.25) is 0 Å². The summed E-state index contributed by atoms with van der Waals surface area (Å²) in [7, 11) is 0. The predicted molar refractivity (Wildman–Crippen MR) is 95.0 cm³/mol. The van der Waals surface area contributed by atoms with Gasteiger partial charge in [0.25, 0.3) is 5.91 Å². The Labute approximate surface area is 153 Å². The summed E-state index contributed by atoms with van der Waals surface area (Å²) >= 11 is 3.24. The van der Waals surface area contributed by atoms with E-state index in [1.807, 2.05) is 4.90 Å². The number of aromatic nitrogens is 2. The molecule has 1 amide bonds. The van der Waals surface area contributed by atoms with Gasteiger partial charge in [-0.2, -0.15) is 0 Å². The molecule has 1 aliphatic rings. The molecule has 1 aromatic heterocycles. The van der Waals surface area contributed by atoms with E-state index in [9.17, 15) is 9.18 Å². The summed E-state index contributed by atoms with van der Waals surface area (Å²) in [4.78, 5) is 24.9. The summed E-state index contributed by atoms with van der Waals surface area (Å²) in [6.07, 6.45) is 2.76. The summed E-state index contributed by atoms with van der Waals surface area (Å²) in [5.74, 6) is 0.662. The second-order valence-electron chi connectivity index (χ2n) is 5.70. The highest BCUT2D eigenvalue weighted by Crippen LogP contribution is 2.26. The first-order chi connectivity index (χ1) is 12.0. The van der Waals surface area contributed by atoms with Gasteiger partial charge in [-0.05, 0) is 47.1 Å². The monoisotopic (exact) mass is 408 g/mol. The number of carbonyl (C=O) groups excluding carboxylic acids is 1. The van der Waals surface area contributed by atoms with Crippen LogP contribution in [0.4, 0.5) is 10.3 Å². The standard InChI is InChI=1S/C17H18BrFN4O2/c1-12(25-15-4-3-13(19)11-14(15)18)16(24)22-7-9-23(10-8-22)17-20-5-2-6-21-17/h2-6,11-12H,7-10H2,1H3. The zero-order valence-electron chi connectivity index (χ0n) is 13.7. The van der Waals surface area contributed by atoms with E-state index in [1.54, 1.807) is 30.3 Å². The maximum Gasteiger partial charge on any atom is 0.263 e. The van der Waals surface area contributed by atoms with Crippen molar-refractivity contribution in [2.45, 2.75) is 13.0 Å². The highest BCUT2D eigenvalue weighted by atomic mass is 79.9. The van der Waals surface area contributed by atoms with Crippen molar-refractivity contribution in [3.8, 4) is 5.75 Å². The van der Waals surface area contributed by atoms with Crippen LogP contribution in [0.5, 0.6) is 5.75 Å². The van der Waals surface area contributed by atoms with Crippen molar-refractivity contribution in [1.29, 1.82) is 0 Å². The Morgan fingerprint density at radius 3 is 2.56 bits per heavy atom. The summed E-state index contributed by atoms with van der Waals surface area (Å²) in [5.41, 5.74) is 0. The van der Waals surface area contributed by atoms with Crippen LogP contribution in [0.3, 0.4) is 0 Å². The van der Waals surface area contributed by atoms with Gasteiger partial charge in [0, 0.05) is 38.6 Å². The quantitative estimate of drug-likeness (QED) is 0.777. The predicted octanol–water partition coefficient (Wildman–Crippen LogP) is 2.49. The van der Waals surface area contributed by atoms with Crippen LogP contribution in [0.15, 0.2) is 41.1 Å². The van der Waals surface area contributed by atoms with Gasteiger partial charge in [0.05, 0.1) is 4.47 Å². The molecule has 2 heterocycles. The number of carbonyl (C=O) groups is 1. The van der Waals surface area contributed by atoms with Crippen LogP contribution < -0.4 is 9.64 Å². The summed E-state index contributed by atoms with van der Waals surface area (Å²) in [6, 6.07) is 5.89. The third-order valence-corrected chi connectivity index (χ3v) is 4.59. The second kappa shape index (κ2) is 7.77. The Morgan fingerprint density at radius 1 is 1.24 bits per heavy atom. The molecule has 3 rings (SSSR count). The van der Waals surface area contributed by atoms with Crippen LogP contribution in [-0.2, 0) is 4.79 Å². The maximum absolute atomic E-state index is 13.1. The number of ether oxygens (including phenoxy) is 1. The topological polar surface area (TPSA) is 58.6 Å². The highest BCUT2D eigenvalue weighted by Gasteiger charge is 2.27. The summed E-state index contributed by atoms with van der Waals surface area (Å²) < 4.78 is 19.3. The molecule has 0 radical (unpaired) electrons. The van der Waals surface area contributed by atoms with Gasteiger partial charge >= 0.3 is 0 Å². The SMILES string of the molecule is CC(Oc1ccc(F)cc1Br)C(=O)N1CCN(c2ncccn2)CC1. The summed E-state index contributed by atoms with van der Waals surface area (Å²) in [5, 5.41) is 0. The van der Waals surface area contributed by atoms with Crippen LogP contribution in [0, 0.1) is 5.82 Å². The molecule has 25 heavy (non-hydrogen) atoms. The number of benzene rings is 1. The van der Waals surface area contributed by atoms with Crippen molar-refractivity contribution < 1.29 is 13.9 Å².